The van der Waals surface area contributed by atoms with Crippen LogP contribution in [0.4, 0.5) is 9.59 Å². The largest absolute Gasteiger partial charge is 1.00 e. The van der Waals surface area contributed by atoms with Crippen LogP contribution >= 0.6 is 36.4 Å². The van der Waals surface area contributed by atoms with E-state index >= 15 is 0 Å². The zero-order valence-corrected chi connectivity index (χ0v) is 49.0. The van der Waals surface area contributed by atoms with Crippen molar-refractivity contribution in [2.45, 2.75) is 192 Å². The van der Waals surface area contributed by atoms with Gasteiger partial charge >= 0.3 is 114 Å². The normalized spacial score (nSPS) is 26.7. The molecule has 2 aliphatic carbocycles. The van der Waals surface area contributed by atoms with Gasteiger partial charge in [-0.15, -0.1) is 24.8 Å². The molecule has 6 saturated heterocycles. The molecule has 0 aromatic rings. The van der Waals surface area contributed by atoms with Crippen molar-refractivity contribution >= 4 is 66.2 Å². The number of rotatable bonds is 7. The number of hydrogen-bond acceptors (Lipinski definition) is 12. The Hall–Kier alpha value is 1.13. The molecule has 65 heavy (non-hydrogen) atoms. The molecule has 3 amide bonds. The van der Waals surface area contributed by atoms with Crippen molar-refractivity contribution < 1.29 is 148 Å². The van der Waals surface area contributed by atoms with Gasteiger partial charge in [0.1, 0.15) is 0 Å². The fourth-order valence-electron chi connectivity index (χ4n) is 11.7. The number of nitrogens with one attached hydrogen (secondary N) is 1. The van der Waals surface area contributed by atoms with E-state index in [0.29, 0.717) is 53.9 Å². The minimum absolute atomic E-state index is 0. The van der Waals surface area contributed by atoms with Crippen molar-refractivity contribution in [3.8, 4) is 0 Å². The molecule has 15 nitrogen and oxygen atoms in total. The molecule has 8 rings (SSSR count). The summed E-state index contributed by atoms with van der Waals surface area (Å²) < 4.78 is 9.71. The molecule has 2 saturated carbocycles. The second-order valence-electron chi connectivity index (χ2n) is 19.0. The average molecular weight is 1030 g/mol. The molecule has 6 aliphatic heterocycles. The number of carbonyl (C=O) groups excluding carboxylic acids is 5. The Balaban J connectivity index is 0.000000997. The first-order valence-corrected chi connectivity index (χ1v) is 24.1. The number of hydrogen-bond donors (Lipinski definition) is 1. The van der Waals surface area contributed by atoms with Crippen molar-refractivity contribution in [1.82, 2.24) is 29.8 Å². The summed E-state index contributed by atoms with van der Waals surface area (Å²) in [6.07, 6.45) is 21.0. The van der Waals surface area contributed by atoms with Gasteiger partial charge in [0.05, 0.1) is 12.2 Å². The third-order valence-electron chi connectivity index (χ3n) is 14.5. The van der Waals surface area contributed by atoms with Crippen LogP contribution in [0.2, 0.25) is 0 Å². The Morgan fingerprint density at radius 3 is 1.35 bits per heavy atom. The van der Waals surface area contributed by atoms with Gasteiger partial charge in [0.25, 0.3) is 6.47 Å². The molecular formula is C45H79Cl3K2N6O9. The van der Waals surface area contributed by atoms with Crippen LogP contribution < -0.4 is 113 Å². The maximum atomic E-state index is 12.7. The summed E-state index contributed by atoms with van der Waals surface area (Å²) in [7, 11) is 0. The molecule has 6 heterocycles. The standard InChI is InChI=1S/C22H37N3O3.C18H31N3O.C4H7ClO2.CH2O3.2ClH.2K.H/c1-16(2)28-22(27)24-13-7-18(8-14-24)23-11-9-19(10-12-23)25-20-6-4-3-5-17(20)15-21(25)26;22-18-13-14-3-1-2-4-17(14)21(18)16-7-11-20(12-8-16)15-5-9-19-10-6-15;1-3(2)7-4(5)6;2-1-4-3;;;;;/h16-20H,3-15H2,1-2H3;14-17,19H,1-13H2;3H,1-2H3;1,3H;2*1H;;;/q;;;;;;2*+1;-1/p-1/t17-,20-;14-,17-;;;;;;;/m00......./s1. The fraction of sp³-hybridized carbons (Fsp3) is 0.889. The maximum absolute atomic E-state index is 12.7. The minimum Gasteiger partial charge on any atom is -1.00 e. The van der Waals surface area contributed by atoms with E-state index in [-0.39, 0.29) is 154 Å². The van der Waals surface area contributed by atoms with Crippen LogP contribution in [0.15, 0.2) is 0 Å². The minimum atomic E-state index is -0.741. The molecular weight excluding hydrogens is 953 g/mol. The van der Waals surface area contributed by atoms with E-state index in [1.54, 1.807) is 13.8 Å². The number of fused-ring (bicyclic) bond motifs is 2. The molecule has 20 heteroatoms. The molecule has 8 fully saturated rings. The Labute approximate surface area is 493 Å². The number of halogens is 3. The van der Waals surface area contributed by atoms with E-state index in [0.717, 1.165) is 70.7 Å². The van der Waals surface area contributed by atoms with Gasteiger partial charge in [-0.2, -0.15) is 0 Å². The van der Waals surface area contributed by atoms with Crippen molar-refractivity contribution in [3.63, 3.8) is 0 Å². The first-order valence-electron chi connectivity index (χ1n) is 23.7. The molecule has 0 radical (unpaired) electrons. The van der Waals surface area contributed by atoms with E-state index < -0.39 is 5.43 Å². The number of likely N-dealkylation sites (tertiary alicyclic amines) is 5. The first-order chi connectivity index (χ1) is 29.4. The predicted octanol–water partition coefficient (Wildman–Crippen LogP) is 0.414. The molecule has 0 aromatic heterocycles. The van der Waals surface area contributed by atoms with Crippen molar-refractivity contribution in [3.05, 3.63) is 0 Å². The van der Waals surface area contributed by atoms with Gasteiger partial charge in [-0.3, -0.25) is 14.4 Å². The quantitative estimate of drug-likeness (QED) is 0.123. The number of nitrogens with zero attached hydrogens (tertiary/aromatic N) is 5. The summed E-state index contributed by atoms with van der Waals surface area (Å²) in [5.74, 6) is 2.21. The van der Waals surface area contributed by atoms with E-state index in [2.05, 4.69) is 34.5 Å². The van der Waals surface area contributed by atoms with Gasteiger partial charge in [0.2, 0.25) is 11.8 Å². The molecule has 8 aliphatic rings. The molecule has 4 atom stereocenters. The summed E-state index contributed by atoms with van der Waals surface area (Å²) in [6, 6.07) is 3.49. The summed E-state index contributed by atoms with van der Waals surface area (Å²) in [5, 5.41) is 11.9. The van der Waals surface area contributed by atoms with E-state index in [4.69, 9.17) is 26.4 Å². The Kier molecular flexibility index (Phi) is 33.3. The summed E-state index contributed by atoms with van der Waals surface area (Å²) >= 11 is 4.81. The van der Waals surface area contributed by atoms with Crippen LogP contribution in [0, 0.1) is 11.8 Å². The van der Waals surface area contributed by atoms with Crippen molar-refractivity contribution in [2.24, 2.45) is 11.8 Å². The van der Waals surface area contributed by atoms with Gasteiger partial charge in [-0.1, -0.05) is 25.7 Å². The first kappa shape index (κ1) is 64.1. The molecule has 366 valence electrons. The number of piperidine rings is 4. The monoisotopic (exact) mass is 1030 g/mol. The smallest absolute Gasteiger partial charge is 1.00 e. The topological polar surface area (TPSA) is 164 Å². The average Bonchev–Trinajstić information content (AvgIpc) is 3.78. The predicted molar refractivity (Wildman–Crippen MR) is 246 cm³/mol. The van der Waals surface area contributed by atoms with E-state index in [1.807, 2.05) is 18.7 Å². The van der Waals surface area contributed by atoms with Crippen LogP contribution in [0.1, 0.15) is 145 Å². The van der Waals surface area contributed by atoms with Gasteiger partial charge in [-0.05, 0) is 130 Å². The van der Waals surface area contributed by atoms with Gasteiger partial charge in [-0.25, -0.2) is 9.59 Å². The molecule has 1 N–H and O–H groups in total. The zero-order valence-electron chi connectivity index (χ0n) is 41.3. The Morgan fingerprint density at radius 2 is 1.00 bits per heavy atom. The van der Waals surface area contributed by atoms with E-state index in [9.17, 15) is 19.2 Å². The van der Waals surface area contributed by atoms with Crippen LogP contribution in [0.25, 0.3) is 0 Å². The Bertz CT molecular complexity index is 1410. The van der Waals surface area contributed by atoms with Gasteiger partial charge in [0.15, 0.2) is 0 Å². The SMILES string of the molecule is CC(C)OC(=O)Cl.CC(C)OC(=O)N1CCC(N2CCC(N3C(=O)C[C@@H]4CCCC[C@@H]43)CC2)CC1.Cl.Cl.O=C1C[C@@H]2CCCC[C@@H]2N1C1CCN(C2CCNCC2)CC1.O=CO[O-].[H-].[K+].[K+]. The zero-order chi connectivity index (χ0) is 43.9. The second kappa shape index (κ2) is 33.7. The fourth-order valence-corrected chi connectivity index (χ4v) is 11.8. The third-order valence-corrected chi connectivity index (χ3v) is 14.5. The summed E-state index contributed by atoms with van der Waals surface area (Å²) in [4.78, 5) is 70.2. The van der Waals surface area contributed by atoms with Crippen LogP contribution in [0.3, 0.4) is 0 Å². The van der Waals surface area contributed by atoms with Crippen LogP contribution in [-0.4, -0.2) is 155 Å². The third kappa shape index (κ3) is 19.9. The van der Waals surface area contributed by atoms with Crippen molar-refractivity contribution in [2.75, 3.05) is 52.4 Å². The van der Waals surface area contributed by atoms with Gasteiger partial charge in [0, 0.05) is 100.0 Å². The maximum Gasteiger partial charge on any atom is 1.00 e. The summed E-state index contributed by atoms with van der Waals surface area (Å²) in [5.41, 5.74) is -0.741. The molecule has 0 aromatic carbocycles. The van der Waals surface area contributed by atoms with Gasteiger partial charge < -0.3 is 50.9 Å². The van der Waals surface area contributed by atoms with Crippen molar-refractivity contribution in [1.29, 1.82) is 0 Å². The Morgan fingerprint density at radius 1 is 0.631 bits per heavy atom. The van der Waals surface area contributed by atoms with E-state index in [1.165, 1.54) is 103 Å². The molecule has 0 spiro atoms. The number of ether oxygens (including phenoxy) is 2. The van der Waals surface area contributed by atoms with Crippen LogP contribution in [0.5, 0.6) is 0 Å². The van der Waals surface area contributed by atoms with Crippen LogP contribution in [-0.2, 0) is 28.7 Å². The second-order valence-corrected chi connectivity index (χ2v) is 19.3. The molecule has 0 bridgehead atoms. The number of amides is 3. The summed E-state index contributed by atoms with van der Waals surface area (Å²) in [6.45, 7) is 15.6. The molecule has 0 unspecified atom stereocenters. The number of carbonyl (C=O) groups is 5.